The third-order valence-electron chi connectivity index (χ3n) is 15.1. The first-order chi connectivity index (χ1) is 40.9. The molecule has 476 valence electrons. The van der Waals surface area contributed by atoms with Crippen LogP contribution in [0.25, 0.3) is 10.9 Å². The zero-order valence-corrected chi connectivity index (χ0v) is 49.3. The number of primary amides is 1. The lowest BCUT2D eigenvalue weighted by Gasteiger charge is -2.33. The monoisotopic (exact) mass is 1210 g/mol. The van der Waals surface area contributed by atoms with Crippen LogP contribution in [0, 0.1) is 5.92 Å². The summed E-state index contributed by atoms with van der Waals surface area (Å²) in [5.41, 5.74) is 41.1. The summed E-state index contributed by atoms with van der Waals surface area (Å²) in [7, 11) is 0. The smallest absolute Gasteiger partial charge is 0.326 e. The van der Waals surface area contributed by atoms with Gasteiger partial charge in [-0.15, -0.1) is 0 Å². The van der Waals surface area contributed by atoms with Crippen LogP contribution < -0.4 is 77.4 Å². The Bertz CT molecular complexity index is 2750. The largest absolute Gasteiger partial charge is 0.480 e. The van der Waals surface area contributed by atoms with E-state index in [1.165, 1.54) is 16.7 Å². The molecule has 0 radical (unpaired) electrons. The number of carbonyl (C=O) groups excluding carboxylic acids is 10. The Morgan fingerprint density at radius 1 is 0.674 bits per heavy atom. The number of hydrogen-bond acceptors (Lipinski definition) is 15. The first-order valence-corrected chi connectivity index (χ1v) is 29.2. The number of para-hydroxylation sites is 1. The number of nitrogens with one attached hydrogen (secondary N) is 8. The Labute approximate surface area is 499 Å². The Hall–Kier alpha value is -8.61. The molecule has 2 aliphatic rings. The number of aliphatic imine (C=N–C) groups is 2. The van der Waals surface area contributed by atoms with Gasteiger partial charge in [-0.25, -0.2) is 4.79 Å². The van der Waals surface area contributed by atoms with E-state index in [4.69, 9.17) is 40.1 Å². The molecule has 0 bridgehead atoms. The molecular formula is C55H89N19O12. The van der Waals surface area contributed by atoms with E-state index in [1.54, 1.807) is 20.0 Å². The van der Waals surface area contributed by atoms with Crippen molar-refractivity contribution in [2.75, 3.05) is 39.3 Å². The van der Waals surface area contributed by atoms with Crippen LogP contribution >= 0.6 is 0 Å². The summed E-state index contributed by atoms with van der Waals surface area (Å²) in [5, 5.41) is 28.6. The fourth-order valence-electron chi connectivity index (χ4n) is 10.2. The maximum atomic E-state index is 14.5. The van der Waals surface area contributed by atoms with Gasteiger partial charge in [0.2, 0.25) is 59.1 Å². The van der Waals surface area contributed by atoms with Crippen molar-refractivity contribution in [2.45, 2.75) is 171 Å². The Morgan fingerprint density at radius 3 is 1.88 bits per heavy atom. The first kappa shape index (κ1) is 69.9. The van der Waals surface area contributed by atoms with Crippen molar-refractivity contribution in [1.82, 2.24) is 52.0 Å². The second kappa shape index (κ2) is 35.0. The van der Waals surface area contributed by atoms with E-state index < -0.39 is 132 Å². The maximum absolute atomic E-state index is 14.5. The minimum Gasteiger partial charge on any atom is -0.480 e. The summed E-state index contributed by atoms with van der Waals surface area (Å²) in [6.45, 7) is 4.87. The summed E-state index contributed by atoms with van der Waals surface area (Å²) in [6, 6.07) is -3.50. The van der Waals surface area contributed by atoms with Crippen LogP contribution in [0.5, 0.6) is 0 Å². The van der Waals surface area contributed by atoms with E-state index in [-0.39, 0.29) is 102 Å². The molecule has 31 nitrogen and oxygen atoms in total. The number of rotatable bonds is 36. The van der Waals surface area contributed by atoms with Crippen molar-refractivity contribution < 1.29 is 57.8 Å². The van der Waals surface area contributed by atoms with E-state index in [2.05, 4.69) is 52.2 Å². The van der Waals surface area contributed by atoms with E-state index in [0.29, 0.717) is 38.6 Å². The van der Waals surface area contributed by atoms with Gasteiger partial charge >= 0.3 is 5.97 Å². The normalized spacial score (nSPS) is 17.5. The van der Waals surface area contributed by atoms with Crippen LogP contribution in [-0.2, 0) is 59.2 Å². The van der Waals surface area contributed by atoms with Crippen LogP contribution in [0.2, 0.25) is 0 Å². The van der Waals surface area contributed by atoms with Crippen molar-refractivity contribution in [2.24, 2.45) is 56.0 Å². The number of likely N-dealkylation sites (tertiary alicyclic amines) is 2. The minimum absolute atomic E-state index is 0.0483. The number of hydrogen-bond donors (Lipinski definition) is 16. The van der Waals surface area contributed by atoms with Gasteiger partial charge < -0.3 is 97.2 Å². The molecule has 0 spiro atoms. The van der Waals surface area contributed by atoms with Gasteiger partial charge in [-0.2, -0.15) is 0 Å². The fraction of sp³-hybridized carbons (Fsp3) is 0.618. The number of carboxylic acid groups (broad SMARTS) is 1. The van der Waals surface area contributed by atoms with Crippen LogP contribution in [0.15, 0.2) is 40.4 Å². The number of aromatic amines is 1. The molecule has 2 aliphatic heterocycles. The van der Waals surface area contributed by atoms with Gasteiger partial charge in [-0.1, -0.05) is 38.5 Å². The van der Waals surface area contributed by atoms with Crippen LogP contribution in [-0.4, -0.2) is 190 Å². The Balaban J connectivity index is 1.46. The lowest BCUT2D eigenvalue weighted by atomic mass is 9.97. The molecule has 1 aromatic heterocycles. The van der Waals surface area contributed by atoms with Crippen LogP contribution in [0.3, 0.4) is 0 Å². The maximum Gasteiger partial charge on any atom is 0.326 e. The summed E-state index contributed by atoms with van der Waals surface area (Å²) in [5.74, 6) is -9.49. The molecule has 31 heteroatoms. The highest BCUT2D eigenvalue weighted by Gasteiger charge is 2.44. The quantitative estimate of drug-likeness (QED) is 0.0174. The molecule has 10 amide bonds. The van der Waals surface area contributed by atoms with Crippen molar-refractivity contribution >= 4 is 87.9 Å². The average molecular weight is 1210 g/mol. The van der Waals surface area contributed by atoms with Gasteiger partial charge in [0.1, 0.15) is 48.3 Å². The number of carboxylic acids is 1. The topological polar surface area (TPSA) is 521 Å². The van der Waals surface area contributed by atoms with Crippen molar-refractivity contribution in [1.29, 1.82) is 0 Å². The van der Waals surface area contributed by atoms with E-state index in [0.717, 1.165) is 16.5 Å². The number of nitrogens with zero attached hydrogens (tertiary/aromatic N) is 4. The molecule has 10 atom stereocenters. The lowest BCUT2D eigenvalue weighted by molar-refractivity contribution is -0.148. The molecule has 0 saturated carbocycles. The molecule has 0 aliphatic carbocycles. The molecule has 3 heterocycles. The van der Waals surface area contributed by atoms with Gasteiger partial charge in [-0.05, 0) is 114 Å². The summed E-state index contributed by atoms with van der Waals surface area (Å²) < 4.78 is 0. The highest BCUT2D eigenvalue weighted by molar-refractivity contribution is 5.99. The highest BCUT2D eigenvalue weighted by atomic mass is 16.4. The number of unbranched alkanes of at least 4 members (excludes halogenated alkanes) is 1. The van der Waals surface area contributed by atoms with E-state index in [9.17, 15) is 57.8 Å². The minimum atomic E-state index is -1.35. The molecule has 0 unspecified atom stereocenters. The number of guanidine groups is 2. The third-order valence-corrected chi connectivity index (χ3v) is 15.1. The number of fused-ring (bicyclic) bond motifs is 1. The standard InChI is InChI=1S/C55H89N19O12/c1-4-30(2)44(50(82)66-29-43(76)68-39(53(85)86)15-7-8-22-56)72-48(80)37(17-10-24-64-55(61)62)69-45(77)31(3)67-47(79)36(16-9-23-63-54(59)60)70-49(81)40-18-11-25-73(40)52(84)41-19-12-26-74(41)51(83)38(20-21-42(58)75)71-46(78)34(57)27-32-28-65-35-14-6-5-13-33(32)35/h5-6,13-14,28,30-31,34,36-41,44,65H,4,7-12,15-27,29,56-57H2,1-3H3,(H2,58,75)(H,66,82)(H,67,79)(H,68,76)(H,69,77)(H,70,81)(H,71,78)(H,72,80)(H,85,86)(H4,59,60,63)(H4,61,62,64)/t30-,31-,34-,36-,37-,38-,39-,40-,41-,44-/m0/s1. The predicted octanol–water partition coefficient (Wildman–Crippen LogP) is -4.30. The van der Waals surface area contributed by atoms with Crippen molar-refractivity contribution in [3.05, 3.63) is 36.0 Å². The van der Waals surface area contributed by atoms with E-state index in [1.807, 2.05) is 24.3 Å². The summed E-state index contributed by atoms with van der Waals surface area (Å²) in [6.07, 6.45) is 4.35. The molecule has 2 saturated heterocycles. The molecule has 23 N–H and O–H groups in total. The van der Waals surface area contributed by atoms with Gasteiger partial charge in [0.05, 0.1) is 12.6 Å². The van der Waals surface area contributed by atoms with Gasteiger partial charge in [0.15, 0.2) is 11.9 Å². The Morgan fingerprint density at radius 2 is 1.27 bits per heavy atom. The number of aromatic nitrogens is 1. The number of H-pyrrole nitrogens is 1. The lowest BCUT2D eigenvalue weighted by Crippen LogP contribution is -2.60. The van der Waals surface area contributed by atoms with Crippen LogP contribution in [0.4, 0.5) is 0 Å². The second-order valence-electron chi connectivity index (χ2n) is 21.7. The molecule has 1 aromatic carbocycles. The van der Waals surface area contributed by atoms with Gasteiger partial charge in [0.25, 0.3) is 0 Å². The number of aliphatic carboxylic acids is 1. The van der Waals surface area contributed by atoms with Crippen molar-refractivity contribution in [3.63, 3.8) is 0 Å². The molecule has 2 fully saturated rings. The Kier molecular flexibility index (Phi) is 28.4. The zero-order chi connectivity index (χ0) is 63.6. The predicted molar refractivity (Wildman–Crippen MR) is 318 cm³/mol. The average Bonchev–Trinajstić information content (AvgIpc) is 4.46. The first-order valence-electron chi connectivity index (χ1n) is 29.2. The molecule has 2 aromatic rings. The fourth-order valence-corrected chi connectivity index (χ4v) is 10.2. The zero-order valence-electron chi connectivity index (χ0n) is 49.3. The highest BCUT2D eigenvalue weighted by Crippen LogP contribution is 2.27. The second-order valence-corrected chi connectivity index (χ2v) is 21.7. The van der Waals surface area contributed by atoms with E-state index >= 15 is 0 Å². The number of carbonyl (C=O) groups is 11. The molecule has 86 heavy (non-hydrogen) atoms. The number of benzene rings is 1. The summed E-state index contributed by atoms with van der Waals surface area (Å²) >= 11 is 0. The third kappa shape index (κ3) is 21.8. The SMILES string of the molecule is CC[C@H](C)[C@H](NC(=O)[C@H](CCCN=C(N)N)NC(=O)[C@H](C)NC(=O)[C@H](CCCN=C(N)N)NC(=O)[C@@H]1CCCN1C(=O)[C@@H]1CCCN1C(=O)[C@H](CCC(N)=O)NC(=O)[C@@H](N)Cc1c[nH]c2ccccc12)C(=O)NCC(=O)N[C@@H](CCCCN)C(=O)O. The van der Waals surface area contributed by atoms with Gasteiger partial charge in [-0.3, -0.25) is 57.9 Å². The number of nitrogens with two attached hydrogens (primary N) is 7. The molecular weight excluding hydrogens is 1120 g/mol. The van der Waals surface area contributed by atoms with Gasteiger partial charge in [0, 0.05) is 49.7 Å². The van der Waals surface area contributed by atoms with Crippen LogP contribution in [0.1, 0.15) is 116 Å². The molecule has 4 rings (SSSR count). The summed E-state index contributed by atoms with van der Waals surface area (Å²) in [4.78, 5) is 163. The van der Waals surface area contributed by atoms with Crippen molar-refractivity contribution in [3.8, 4) is 0 Å². The number of amides is 10.